The van der Waals surface area contributed by atoms with Crippen molar-refractivity contribution in [3.63, 3.8) is 0 Å². The average Bonchev–Trinajstić information content (AvgIpc) is 3.00. The molecule has 1 aromatic carbocycles. The molecular formula is C17H13Cl2N5O4. The fraction of sp³-hybridized carbons (Fsp3) is 0.118. The van der Waals surface area contributed by atoms with Crippen molar-refractivity contribution < 1.29 is 14.5 Å². The summed E-state index contributed by atoms with van der Waals surface area (Å²) in [6.45, 7) is 1.45. The fourth-order valence-electron chi connectivity index (χ4n) is 2.31. The van der Waals surface area contributed by atoms with Crippen molar-refractivity contribution in [2.45, 2.75) is 6.92 Å². The molecule has 0 saturated heterocycles. The maximum absolute atomic E-state index is 12.2. The van der Waals surface area contributed by atoms with Gasteiger partial charge in [0.15, 0.2) is 12.4 Å². The molecule has 1 amide bonds. The summed E-state index contributed by atoms with van der Waals surface area (Å²) >= 11 is 12.0. The van der Waals surface area contributed by atoms with Gasteiger partial charge in [-0.2, -0.15) is 9.78 Å². The number of nitrogens with zero attached hydrogens (tertiary/aromatic N) is 4. The first-order chi connectivity index (χ1) is 13.3. The summed E-state index contributed by atoms with van der Waals surface area (Å²) in [7, 11) is 0. The third-order valence-corrected chi connectivity index (χ3v) is 3.99. The molecule has 2 aromatic heterocycles. The van der Waals surface area contributed by atoms with E-state index >= 15 is 0 Å². The number of hydrogen-bond acceptors (Lipinski definition) is 6. The van der Waals surface area contributed by atoms with E-state index in [1.807, 2.05) is 0 Å². The molecular weight excluding hydrogens is 409 g/mol. The molecule has 3 aromatic rings. The Kier molecular flexibility index (Phi) is 5.76. The van der Waals surface area contributed by atoms with Crippen LogP contribution in [0.3, 0.4) is 0 Å². The zero-order chi connectivity index (χ0) is 20.3. The number of hydrogen-bond donors (Lipinski definition) is 1. The van der Waals surface area contributed by atoms with E-state index in [0.717, 1.165) is 0 Å². The standard InChI is InChI=1S/C17H13Cl2N5O4/c1-10-6-15(23(22-10)17-14(19)7-11(18)8-20-17)21-16(25)9-28-13-4-2-12(3-5-13)24(26)27/h2-8H,9H2,1H3,(H,21,25). The van der Waals surface area contributed by atoms with Crippen LogP contribution in [0.15, 0.2) is 42.6 Å². The normalized spacial score (nSPS) is 10.5. The largest absolute Gasteiger partial charge is 0.484 e. The minimum absolute atomic E-state index is 0.0662. The Morgan fingerprint density at radius 3 is 2.64 bits per heavy atom. The second-order valence-electron chi connectivity index (χ2n) is 5.63. The number of rotatable bonds is 6. The molecule has 0 aliphatic carbocycles. The Morgan fingerprint density at radius 2 is 2.00 bits per heavy atom. The molecule has 11 heteroatoms. The summed E-state index contributed by atoms with van der Waals surface area (Å²) in [6, 6.07) is 8.58. The molecule has 0 atom stereocenters. The van der Waals surface area contributed by atoms with Gasteiger partial charge >= 0.3 is 0 Å². The third kappa shape index (κ3) is 4.56. The Labute approximate surface area is 169 Å². The van der Waals surface area contributed by atoms with Gasteiger partial charge in [0.2, 0.25) is 0 Å². The van der Waals surface area contributed by atoms with Crippen molar-refractivity contribution in [2.75, 3.05) is 11.9 Å². The first kappa shape index (κ1) is 19.6. The summed E-state index contributed by atoms with van der Waals surface area (Å²) in [5.74, 6) is 0.537. The van der Waals surface area contributed by atoms with E-state index < -0.39 is 10.8 Å². The summed E-state index contributed by atoms with van der Waals surface area (Å²) in [4.78, 5) is 26.5. The number of nitro groups is 1. The van der Waals surface area contributed by atoms with Crippen LogP contribution in [0.5, 0.6) is 5.75 Å². The van der Waals surface area contributed by atoms with Crippen LogP contribution in [0.25, 0.3) is 5.82 Å². The molecule has 0 spiro atoms. The second kappa shape index (κ2) is 8.24. The molecule has 1 N–H and O–H groups in total. The Morgan fingerprint density at radius 1 is 1.29 bits per heavy atom. The molecule has 144 valence electrons. The summed E-state index contributed by atoms with van der Waals surface area (Å²) in [5.41, 5.74) is 0.572. The molecule has 3 rings (SSSR count). The molecule has 2 heterocycles. The number of nitrogens with one attached hydrogen (secondary N) is 1. The van der Waals surface area contributed by atoms with Gasteiger partial charge in [-0.3, -0.25) is 14.9 Å². The van der Waals surface area contributed by atoms with Gasteiger partial charge in [0.05, 0.1) is 20.7 Å². The maximum Gasteiger partial charge on any atom is 0.269 e. The molecule has 0 aliphatic heterocycles. The van der Waals surface area contributed by atoms with E-state index in [1.54, 1.807) is 13.0 Å². The van der Waals surface area contributed by atoms with Crippen molar-refractivity contribution >= 4 is 40.6 Å². The van der Waals surface area contributed by atoms with E-state index in [2.05, 4.69) is 15.4 Å². The lowest BCUT2D eigenvalue weighted by atomic mass is 10.3. The number of ether oxygens (including phenoxy) is 1. The highest BCUT2D eigenvalue weighted by Gasteiger charge is 2.15. The summed E-state index contributed by atoms with van der Waals surface area (Å²) in [5, 5.41) is 18.2. The summed E-state index contributed by atoms with van der Waals surface area (Å²) in [6.07, 6.45) is 1.42. The van der Waals surface area contributed by atoms with Gasteiger partial charge in [0.25, 0.3) is 11.6 Å². The molecule has 0 fully saturated rings. The number of halogens is 2. The van der Waals surface area contributed by atoms with E-state index in [0.29, 0.717) is 28.1 Å². The quantitative estimate of drug-likeness (QED) is 0.478. The first-order valence-corrected chi connectivity index (χ1v) is 8.64. The van der Waals surface area contributed by atoms with Gasteiger partial charge < -0.3 is 10.1 Å². The predicted octanol–water partition coefficient (Wildman–Crippen LogP) is 3.81. The monoisotopic (exact) mass is 421 g/mol. The highest BCUT2D eigenvalue weighted by atomic mass is 35.5. The van der Waals surface area contributed by atoms with E-state index in [-0.39, 0.29) is 17.3 Å². The zero-order valence-corrected chi connectivity index (χ0v) is 15.9. The number of benzene rings is 1. The second-order valence-corrected chi connectivity index (χ2v) is 6.47. The number of carbonyl (C=O) groups excluding carboxylic acids is 1. The van der Waals surface area contributed by atoms with Gasteiger partial charge in [-0.25, -0.2) is 4.98 Å². The average molecular weight is 422 g/mol. The zero-order valence-electron chi connectivity index (χ0n) is 14.4. The molecule has 0 unspecified atom stereocenters. The van der Waals surface area contributed by atoms with Crippen LogP contribution in [-0.2, 0) is 4.79 Å². The predicted molar refractivity (Wildman–Crippen MR) is 103 cm³/mol. The Bertz CT molecular complexity index is 1040. The van der Waals surface area contributed by atoms with Crippen LogP contribution in [-0.4, -0.2) is 32.2 Å². The van der Waals surface area contributed by atoms with Crippen LogP contribution >= 0.6 is 23.2 Å². The van der Waals surface area contributed by atoms with Crippen molar-refractivity contribution in [1.82, 2.24) is 14.8 Å². The highest BCUT2D eigenvalue weighted by molar-refractivity contribution is 6.35. The van der Waals surface area contributed by atoms with Crippen LogP contribution in [0.4, 0.5) is 11.5 Å². The molecule has 0 bridgehead atoms. The van der Waals surface area contributed by atoms with Crippen LogP contribution in [0.2, 0.25) is 10.0 Å². The van der Waals surface area contributed by atoms with Gasteiger partial charge in [-0.05, 0) is 25.1 Å². The van der Waals surface area contributed by atoms with Crippen LogP contribution < -0.4 is 10.1 Å². The number of pyridine rings is 1. The molecule has 9 nitrogen and oxygen atoms in total. The van der Waals surface area contributed by atoms with Gasteiger partial charge in [-0.15, -0.1) is 0 Å². The number of aryl methyl sites for hydroxylation is 1. The third-order valence-electron chi connectivity index (χ3n) is 3.51. The van der Waals surface area contributed by atoms with Gasteiger partial charge in [0, 0.05) is 24.4 Å². The van der Waals surface area contributed by atoms with E-state index in [4.69, 9.17) is 27.9 Å². The fourth-order valence-corrected chi connectivity index (χ4v) is 2.77. The topological polar surface area (TPSA) is 112 Å². The molecule has 0 radical (unpaired) electrons. The lowest BCUT2D eigenvalue weighted by Crippen LogP contribution is -2.22. The van der Waals surface area contributed by atoms with Crippen molar-refractivity contribution in [1.29, 1.82) is 0 Å². The summed E-state index contributed by atoms with van der Waals surface area (Å²) < 4.78 is 6.73. The van der Waals surface area contributed by atoms with Gasteiger partial charge in [-0.1, -0.05) is 23.2 Å². The lowest BCUT2D eigenvalue weighted by Gasteiger charge is -2.10. The number of non-ortho nitro benzene ring substituents is 1. The van der Waals surface area contributed by atoms with Crippen molar-refractivity contribution in [3.05, 3.63) is 68.4 Å². The molecule has 0 aliphatic rings. The molecule has 28 heavy (non-hydrogen) atoms. The van der Waals surface area contributed by atoms with Crippen LogP contribution in [0, 0.1) is 17.0 Å². The lowest BCUT2D eigenvalue weighted by molar-refractivity contribution is -0.384. The number of nitro benzene ring substituents is 1. The minimum atomic E-state index is -0.518. The van der Waals surface area contributed by atoms with E-state index in [1.165, 1.54) is 41.2 Å². The number of anilines is 1. The highest BCUT2D eigenvalue weighted by Crippen LogP contribution is 2.25. The Balaban J connectivity index is 1.70. The maximum atomic E-state index is 12.2. The van der Waals surface area contributed by atoms with Gasteiger partial charge in [0.1, 0.15) is 11.6 Å². The number of carbonyl (C=O) groups is 1. The van der Waals surface area contributed by atoms with Crippen LogP contribution in [0.1, 0.15) is 5.69 Å². The number of aromatic nitrogens is 3. The van der Waals surface area contributed by atoms with Crippen molar-refractivity contribution in [3.8, 4) is 11.6 Å². The first-order valence-electron chi connectivity index (χ1n) is 7.88. The van der Waals surface area contributed by atoms with E-state index in [9.17, 15) is 14.9 Å². The minimum Gasteiger partial charge on any atom is -0.484 e. The number of amides is 1. The Hall–Kier alpha value is -3.17. The van der Waals surface area contributed by atoms with Crippen molar-refractivity contribution in [2.24, 2.45) is 0 Å². The SMILES string of the molecule is Cc1cc(NC(=O)COc2ccc([N+](=O)[O-])cc2)n(-c2ncc(Cl)cc2Cl)n1. The smallest absolute Gasteiger partial charge is 0.269 e. The molecule has 0 saturated carbocycles.